The zero-order valence-electron chi connectivity index (χ0n) is 12.2. The zero-order valence-corrected chi connectivity index (χ0v) is 12.2. The summed E-state index contributed by atoms with van der Waals surface area (Å²) in [6.45, 7) is 1.77. The summed E-state index contributed by atoms with van der Waals surface area (Å²) in [5.74, 6) is -4.68. The van der Waals surface area contributed by atoms with E-state index in [1.165, 1.54) is 5.32 Å². The number of unbranched alkanes of at least 4 members (excludes halogenated alkanes) is 1. The van der Waals surface area contributed by atoms with E-state index in [-0.39, 0.29) is 24.3 Å². The Morgan fingerprint density at radius 2 is 1.74 bits per heavy atom. The first kappa shape index (κ1) is 20.8. The van der Waals surface area contributed by atoms with E-state index in [9.17, 15) is 32.3 Å². The minimum Gasteiger partial charge on any atom is -0.480 e. The van der Waals surface area contributed by atoms with Crippen LogP contribution in [0, 0.1) is 0 Å². The lowest BCUT2D eigenvalue weighted by atomic mass is 10.1. The summed E-state index contributed by atoms with van der Waals surface area (Å²) in [5.41, 5.74) is 0. The molecule has 132 valence electrons. The Hall–Kier alpha value is -2.17. The highest BCUT2D eigenvalue weighted by Gasteiger charge is 2.40. The Kier molecular flexibility index (Phi) is 8.22. The number of carbonyl (C=O) groups excluding carboxylic acids is 3. The van der Waals surface area contributed by atoms with Gasteiger partial charge in [0.05, 0.1) is 0 Å². The number of halogens is 3. The third-order valence-corrected chi connectivity index (χ3v) is 2.73. The number of nitrogens with zero attached hydrogens (tertiary/aromatic N) is 1. The van der Waals surface area contributed by atoms with E-state index in [2.05, 4.69) is 0 Å². The van der Waals surface area contributed by atoms with Crippen LogP contribution >= 0.6 is 0 Å². The van der Waals surface area contributed by atoms with Crippen LogP contribution in [0.2, 0.25) is 0 Å². The molecule has 23 heavy (non-hydrogen) atoms. The first-order valence-electron chi connectivity index (χ1n) is 6.65. The predicted octanol–water partition coefficient (Wildman–Crippen LogP) is 0.833. The van der Waals surface area contributed by atoms with Crippen LogP contribution in [0.4, 0.5) is 13.2 Å². The van der Waals surface area contributed by atoms with Crippen LogP contribution in [0.3, 0.4) is 0 Å². The van der Waals surface area contributed by atoms with Crippen LogP contribution in [0.1, 0.15) is 39.0 Å². The van der Waals surface area contributed by atoms with Crippen molar-refractivity contribution in [2.24, 2.45) is 0 Å². The Morgan fingerprint density at radius 3 is 2.00 bits per heavy atom. The Bertz CT molecular complexity index is 450. The van der Waals surface area contributed by atoms with E-state index in [1.807, 2.05) is 0 Å². The highest BCUT2D eigenvalue weighted by molar-refractivity contribution is 6.00. The molecule has 0 radical (unpaired) electrons. The molecule has 0 aromatic rings. The van der Waals surface area contributed by atoms with Gasteiger partial charge in [0.2, 0.25) is 0 Å². The molecule has 0 aromatic heterocycles. The highest BCUT2D eigenvalue weighted by atomic mass is 19.4. The summed E-state index contributed by atoms with van der Waals surface area (Å²) in [6, 6.07) is -1.47. The van der Waals surface area contributed by atoms with Crippen LogP contribution in [-0.2, 0) is 19.2 Å². The lowest BCUT2D eigenvalue weighted by Gasteiger charge is -2.14. The summed E-state index contributed by atoms with van der Waals surface area (Å²) in [6.07, 6.45) is -3.67. The normalized spacial score (nSPS) is 15.8. The predicted molar refractivity (Wildman–Crippen MR) is 68.0 cm³/mol. The van der Waals surface area contributed by atoms with Gasteiger partial charge in [-0.15, -0.1) is 0 Å². The molecule has 11 heteroatoms. The van der Waals surface area contributed by atoms with E-state index in [4.69, 9.17) is 10.3 Å². The summed E-state index contributed by atoms with van der Waals surface area (Å²) < 4.78 is 35.4. The molecule has 0 aliphatic carbocycles. The molecule has 1 rings (SSSR count). The van der Waals surface area contributed by atoms with Crippen molar-refractivity contribution in [1.29, 1.82) is 0 Å². The molecule has 1 unspecified atom stereocenters. The molecule has 0 spiro atoms. The third-order valence-electron chi connectivity index (χ3n) is 2.73. The molecule has 1 aliphatic heterocycles. The van der Waals surface area contributed by atoms with Gasteiger partial charge in [-0.05, 0) is 6.42 Å². The molecule has 0 aromatic carbocycles. The Labute approximate surface area is 129 Å². The molecule has 0 saturated carbocycles. The summed E-state index contributed by atoms with van der Waals surface area (Å²) in [4.78, 5) is 41.4. The SMILES string of the molecule is CCCCC(NC(=O)C(F)(F)F)C(=O)O.O=C1CCC(=O)N1O. The number of carboxylic acids is 1. The quantitative estimate of drug-likeness (QED) is 0.502. The molecule has 0 bridgehead atoms. The molecule has 3 N–H and O–H groups in total. The largest absolute Gasteiger partial charge is 0.480 e. The molecular weight excluding hydrogens is 325 g/mol. The second kappa shape index (κ2) is 9.08. The molecule has 1 heterocycles. The van der Waals surface area contributed by atoms with Crippen molar-refractivity contribution in [2.75, 3.05) is 0 Å². The number of carboxylic acid groups (broad SMARTS) is 1. The number of hydrogen-bond acceptors (Lipinski definition) is 5. The molecule has 1 atom stereocenters. The second-order valence-corrected chi connectivity index (χ2v) is 4.60. The maximum Gasteiger partial charge on any atom is 0.471 e. The van der Waals surface area contributed by atoms with Gasteiger partial charge in [0, 0.05) is 12.8 Å². The standard InChI is InChI=1S/C8H12F3NO3.C4H5NO3/c1-2-3-4-5(6(13)14)12-7(15)8(9,10)11;6-3-1-2-4(7)5(3)8/h5H,2-4H2,1H3,(H,12,15)(H,13,14);8H,1-2H2. The fourth-order valence-corrected chi connectivity index (χ4v) is 1.47. The van der Waals surface area contributed by atoms with Gasteiger partial charge in [-0.25, -0.2) is 4.79 Å². The van der Waals surface area contributed by atoms with Gasteiger partial charge in [-0.3, -0.25) is 19.6 Å². The van der Waals surface area contributed by atoms with E-state index in [1.54, 1.807) is 6.92 Å². The zero-order chi connectivity index (χ0) is 18.2. The molecule has 1 fully saturated rings. The summed E-state index contributed by atoms with van der Waals surface area (Å²) in [5, 5.41) is 18.5. The number of alkyl halides is 3. The van der Waals surface area contributed by atoms with Gasteiger partial charge in [0.15, 0.2) is 0 Å². The van der Waals surface area contributed by atoms with Crippen LogP contribution in [0.25, 0.3) is 0 Å². The number of rotatable bonds is 5. The fraction of sp³-hybridized carbons (Fsp3) is 0.667. The first-order valence-corrected chi connectivity index (χ1v) is 6.65. The lowest BCUT2D eigenvalue weighted by molar-refractivity contribution is -0.175. The van der Waals surface area contributed by atoms with Crippen LogP contribution in [-0.4, -0.2) is 51.3 Å². The topological polar surface area (TPSA) is 124 Å². The molecular formula is C12H17F3N2O6. The second-order valence-electron chi connectivity index (χ2n) is 4.60. The number of hydrogen-bond donors (Lipinski definition) is 3. The number of nitrogens with one attached hydrogen (secondary N) is 1. The maximum absolute atomic E-state index is 11.8. The van der Waals surface area contributed by atoms with Crippen LogP contribution < -0.4 is 5.32 Å². The average Bonchev–Trinajstić information content (AvgIpc) is 2.73. The maximum atomic E-state index is 11.8. The van der Waals surface area contributed by atoms with Crippen molar-refractivity contribution < 1.29 is 42.7 Å². The van der Waals surface area contributed by atoms with Crippen molar-refractivity contribution in [2.45, 2.75) is 51.2 Å². The third kappa shape index (κ3) is 7.58. The Morgan fingerprint density at radius 1 is 1.26 bits per heavy atom. The van der Waals surface area contributed by atoms with Crippen LogP contribution in [0.15, 0.2) is 0 Å². The summed E-state index contributed by atoms with van der Waals surface area (Å²) >= 11 is 0. The van der Waals surface area contributed by atoms with E-state index in [0.717, 1.165) is 0 Å². The first-order chi connectivity index (χ1) is 10.5. The molecule has 3 amide bonds. The van der Waals surface area contributed by atoms with Gasteiger partial charge in [0.1, 0.15) is 6.04 Å². The monoisotopic (exact) mass is 342 g/mol. The number of aliphatic carboxylic acids is 1. The van der Waals surface area contributed by atoms with Crippen molar-refractivity contribution >= 4 is 23.7 Å². The van der Waals surface area contributed by atoms with Crippen molar-refractivity contribution in [3.63, 3.8) is 0 Å². The van der Waals surface area contributed by atoms with Crippen LogP contribution in [0.5, 0.6) is 0 Å². The van der Waals surface area contributed by atoms with E-state index in [0.29, 0.717) is 12.8 Å². The van der Waals surface area contributed by atoms with E-state index < -0.39 is 35.9 Å². The van der Waals surface area contributed by atoms with Crippen molar-refractivity contribution in [3.8, 4) is 0 Å². The molecule has 1 saturated heterocycles. The van der Waals surface area contributed by atoms with Gasteiger partial charge in [0.25, 0.3) is 11.8 Å². The minimum atomic E-state index is -5.04. The highest BCUT2D eigenvalue weighted by Crippen LogP contribution is 2.15. The number of amides is 3. The van der Waals surface area contributed by atoms with Gasteiger partial charge < -0.3 is 10.4 Å². The molecule has 8 nitrogen and oxygen atoms in total. The minimum absolute atomic E-state index is 0.00630. The van der Waals surface area contributed by atoms with Gasteiger partial charge in [-0.2, -0.15) is 18.2 Å². The van der Waals surface area contributed by atoms with Gasteiger partial charge in [-0.1, -0.05) is 19.8 Å². The fourth-order valence-electron chi connectivity index (χ4n) is 1.47. The number of imide groups is 1. The average molecular weight is 342 g/mol. The van der Waals surface area contributed by atoms with Crippen molar-refractivity contribution in [1.82, 2.24) is 10.4 Å². The number of hydroxylamine groups is 2. The summed E-state index contributed by atoms with van der Waals surface area (Å²) in [7, 11) is 0. The van der Waals surface area contributed by atoms with Crippen molar-refractivity contribution in [3.05, 3.63) is 0 Å². The molecule has 1 aliphatic rings. The smallest absolute Gasteiger partial charge is 0.471 e. The Balaban J connectivity index is 0.000000502. The number of carbonyl (C=O) groups is 4. The van der Waals surface area contributed by atoms with E-state index >= 15 is 0 Å². The van der Waals surface area contributed by atoms with Gasteiger partial charge >= 0.3 is 18.1 Å². The lowest BCUT2D eigenvalue weighted by Crippen LogP contribution is -2.46.